The number of rotatable bonds is 8. The molecule has 39 heavy (non-hydrogen) atoms. The monoisotopic (exact) mass is 536 g/mol. The molecule has 10 heteroatoms. The number of azide groups is 1. The molecule has 0 radical (unpaired) electrons. The van der Waals surface area contributed by atoms with E-state index in [1.807, 2.05) is 12.1 Å². The van der Waals surface area contributed by atoms with E-state index in [-0.39, 0.29) is 36.7 Å². The molecule has 1 aromatic carbocycles. The summed E-state index contributed by atoms with van der Waals surface area (Å²) in [5.41, 5.74) is 10.8. The Balaban J connectivity index is 1.29. The number of ether oxygens (including phenoxy) is 1. The van der Waals surface area contributed by atoms with Gasteiger partial charge in [-0.1, -0.05) is 43.4 Å². The molecule has 3 heterocycles. The summed E-state index contributed by atoms with van der Waals surface area (Å²) < 4.78 is 5.59. The number of piperidine rings is 1. The van der Waals surface area contributed by atoms with E-state index in [9.17, 15) is 14.4 Å². The van der Waals surface area contributed by atoms with Crippen molar-refractivity contribution in [1.82, 2.24) is 15.1 Å². The van der Waals surface area contributed by atoms with Crippen LogP contribution >= 0.6 is 0 Å². The molecule has 10 nitrogen and oxygen atoms in total. The van der Waals surface area contributed by atoms with Gasteiger partial charge in [-0.2, -0.15) is 0 Å². The number of benzene rings is 1. The van der Waals surface area contributed by atoms with Gasteiger partial charge in [0.1, 0.15) is 18.7 Å². The van der Waals surface area contributed by atoms with E-state index < -0.39 is 24.2 Å². The third-order valence-electron chi connectivity index (χ3n) is 9.09. The molecule has 4 fully saturated rings. The lowest BCUT2D eigenvalue weighted by molar-refractivity contribution is -0.139. The van der Waals surface area contributed by atoms with Gasteiger partial charge in [0.05, 0.1) is 12.1 Å². The highest BCUT2D eigenvalue weighted by Crippen LogP contribution is 2.34. The zero-order chi connectivity index (χ0) is 27.4. The van der Waals surface area contributed by atoms with Crippen LogP contribution in [0.5, 0.6) is 0 Å². The summed E-state index contributed by atoms with van der Waals surface area (Å²) >= 11 is 0. The molecule has 0 aromatic heterocycles. The van der Waals surface area contributed by atoms with Crippen molar-refractivity contribution >= 4 is 17.6 Å². The number of Topliss-reactive ketones (excluding diaryl/α,β-unsaturated/α-hetero) is 1. The van der Waals surface area contributed by atoms with Crippen LogP contribution in [-0.4, -0.2) is 84.4 Å². The van der Waals surface area contributed by atoms with Crippen LogP contribution in [0.15, 0.2) is 29.4 Å². The average molecular weight is 537 g/mol. The van der Waals surface area contributed by atoms with Crippen LogP contribution in [0.1, 0.15) is 80.1 Å². The summed E-state index contributed by atoms with van der Waals surface area (Å²) in [6.45, 7) is 5.61. The minimum absolute atomic E-state index is 0.00262. The SMILES string of the molecule is CCCN1CCC(c2ccc(C(=O)N[C@H](C(=O)N3C[C@H](N=[N+]=[N-])[C@H]4OCC(=O)[C@H]43)C3CCCCC3)cc2)CC1. The molecule has 0 spiro atoms. The van der Waals surface area contributed by atoms with Gasteiger partial charge in [0.15, 0.2) is 5.78 Å². The van der Waals surface area contributed by atoms with E-state index in [1.54, 1.807) is 0 Å². The van der Waals surface area contributed by atoms with Crippen molar-refractivity contribution in [3.8, 4) is 0 Å². The summed E-state index contributed by atoms with van der Waals surface area (Å²) in [7, 11) is 0. The number of fused-ring (bicyclic) bond motifs is 1. The van der Waals surface area contributed by atoms with Crippen LogP contribution in [0.25, 0.3) is 10.4 Å². The maximum absolute atomic E-state index is 13.9. The standard InChI is InChI=1S/C29H40N6O4/c1-2-14-34-15-12-20(13-16-34)19-8-10-22(11-9-19)28(37)31-25(21-6-4-3-5-7-21)29(38)35-17-23(32-33-30)27-26(35)24(36)18-39-27/h8-11,20-21,23,25-27H,2-7,12-18H2,1H3,(H,31,37)/t23-,25-,26+,27+/m0/s1. The first-order chi connectivity index (χ1) is 19.0. The number of carbonyl (C=O) groups is 3. The van der Waals surface area contributed by atoms with E-state index in [2.05, 4.69) is 39.3 Å². The fourth-order valence-electron chi connectivity index (χ4n) is 6.99. The van der Waals surface area contributed by atoms with E-state index in [1.165, 1.54) is 16.9 Å². The maximum atomic E-state index is 13.9. The second kappa shape index (κ2) is 12.5. The van der Waals surface area contributed by atoms with Crippen molar-refractivity contribution in [3.05, 3.63) is 45.8 Å². The summed E-state index contributed by atoms with van der Waals surface area (Å²) in [6.07, 6.45) is 7.62. The average Bonchev–Trinajstić information content (AvgIpc) is 3.53. The van der Waals surface area contributed by atoms with Crippen molar-refractivity contribution in [3.63, 3.8) is 0 Å². The highest BCUT2D eigenvalue weighted by molar-refractivity contribution is 5.99. The molecular weight excluding hydrogens is 496 g/mol. The highest BCUT2D eigenvalue weighted by Gasteiger charge is 2.53. The van der Waals surface area contributed by atoms with Crippen LogP contribution in [0.2, 0.25) is 0 Å². The molecule has 0 unspecified atom stereocenters. The zero-order valence-corrected chi connectivity index (χ0v) is 22.8. The van der Waals surface area contributed by atoms with Gasteiger partial charge in [0.2, 0.25) is 5.91 Å². The van der Waals surface area contributed by atoms with Crippen molar-refractivity contribution in [2.24, 2.45) is 11.0 Å². The predicted octanol–water partition coefficient (Wildman–Crippen LogP) is 3.81. The van der Waals surface area contributed by atoms with Crippen molar-refractivity contribution < 1.29 is 19.1 Å². The Hall–Kier alpha value is -2.94. The lowest BCUT2D eigenvalue weighted by Crippen LogP contribution is -2.55. The number of nitrogens with one attached hydrogen (secondary N) is 1. The number of likely N-dealkylation sites (tertiary alicyclic amines) is 2. The second-order valence-corrected chi connectivity index (χ2v) is 11.5. The molecule has 1 aromatic rings. The van der Waals surface area contributed by atoms with Crippen molar-refractivity contribution in [1.29, 1.82) is 0 Å². The van der Waals surface area contributed by atoms with Gasteiger partial charge in [-0.3, -0.25) is 14.4 Å². The Bertz CT molecular complexity index is 1090. The van der Waals surface area contributed by atoms with E-state index in [4.69, 9.17) is 10.3 Å². The Kier molecular flexibility index (Phi) is 8.85. The summed E-state index contributed by atoms with van der Waals surface area (Å²) in [6, 6.07) is 5.72. The third kappa shape index (κ3) is 5.98. The Morgan fingerprint density at radius 1 is 1.13 bits per heavy atom. The van der Waals surface area contributed by atoms with Crippen LogP contribution in [0.4, 0.5) is 0 Å². The van der Waals surface area contributed by atoms with Crippen LogP contribution in [-0.2, 0) is 14.3 Å². The fourth-order valence-corrected chi connectivity index (χ4v) is 6.99. The van der Waals surface area contributed by atoms with Crippen molar-refractivity contribution in [2.45, 2.75) is 88.4 Å². The number of hydrogen-bond donors (Lipinski definition) is 1. The summed E-state index contributed by atoms with van der Waals surface area (Å²) in [5.74, 6) is -0.245. The first-order valence-electron chi connectivity index (χ1n) is 14.6. The minimum atomic E-state index is -0.765. The second-order valence-electron chi connectivity index (χ2n) is 11.5. The number of nitrogens with zero attached hydrogens (tertiary/aromatic N) is 5. The first kappa shape index (κ1) is 27.6. The highest BCUT2D eigenvalue weighted by atomic mass is 16.5. The van der Waals surface area contributed by atoms with Crippen LogP contribution < -0.4 is 5.32 Å². The molecule has 1 N–H and O–H groups in total. The fraction of sp³-hybridized carbons (Fsp3) is 0.690. The van der Waals surface area contributed by atoms with Gasteiger partial charge in [-0.05, 0) is 86.8 Å². The molecule has 3 aliphatic heterocycles. The molecule has 5 rings (SSSR count). The number of amides is 2. The molecule has 4 aliphatic rings. The van der Waals surface area contributed by atoms with Gasteiger partial charge in [-0.25, -0.2) is 0 Å². The number of hydrogen-bond acceptors (Lipinski definition) is 6. The van der Waals surface area contributed by atoms with Gasteiger partial charge < -0.3 is 19.9 Å². The Morgan fingerprint density at radius 3 is 2.51 bits per heavy atom. The molecular formula is C29H40N6O4. The molecule has 3 saturated heterocycles. The third-order valence-corrected chi connectivity index (χ3v) is 9.09. The van der Waals surface area contributed by atoms with Crippen molar-refractivity contribution in [2.75, 3.05) is 32.8 Å². The van der Waals surface area contributed by atoms with Gasteiger partial charge >= 0.3 is 0 Å². The molecule has 4 atom stereocenters. The van der Waals surface area contributed by atoms with Crippen LogP contribution in [0, 0.1) is 5.92 Å². The van der Waals surface area contributed by atoms with E-state index >= 15 is 0 Å². The van der Waals surface area contributed by atoms with E-state index in [0.29, 0.717) is 11.5 Å². The zero-order valence-electron chi connectivity index (χ0n) is 22.8. The minimum Gasteiger partial charge on any atom is -0.367 e. The van der Waals surface area contributed by atoms with Gasteiger partial charge in [0, 0.05) is 17.0 Å². The summed E-state index contributed by atoms with van der Waals surface area (Å²) in [4.78, 5) is 46.9. The molecule has 1 aliphatic carbocycles. The number of ketones is 1. The topological polar surface area (TPSA) is 128 Å². The van der Waals surface area contributed by atoms with E-state index in [0.717, 1.165) is 64.6 Å². The molecule has 1 saturated carbocycles. The Morgan fingerprint density at radius 2 is 1.85 bits per heavy atom. The number of carbonyl (C=O) groups excluding carboxylic acids is 3. The smallest absolute Gasteiger partial charge is 0.251 e. The molecule has 0 bridgehead atoms. The normalized spacial score (nSPS) is 27.2. The Labute approximate surface area is 230 Å². The quantitative estimate of drug-likeness (QED) is 0.307. The maximum Gasteiger partial charge on any atom is 0.251 e. The molecule has 210 valence electrons. The largest absolute Gasteiger partial charge is 0.367 e. The predicted molar refractivity (Wildman–Crippen MR) is 146 cm³/mol. The van der Waals surface area contributed by atoms with Gasteiger partial charge in [-0.15, -0.1) is 0 Å². The molecule has 2 amide bonds. The van der Waals surface area contributed by atoms with Crippen LogP contribution in [0.3, 0.4) is 0 Å². The van der Waals surface area contributed by atoms with Gasteiger partial charge in [0.25, 0.3) is 5.91 Å². The lowest BCUT2D eigenvalue weighted by Gasteiger charge is -2.34. The first-order valence-corrected chi connectivity index (χ1v) is 14.6. The lowest BCUT2D eigenvalue weighted by atomic mass is 9.83. The summed E-state index contributed by atoms with van der Waals surface area (Å²) in [5, 5.41) is 6.84.